The summed E-state index contributed by atoms with van der Waals surface area (Å²) in [5, 5.41) is 7.08. The summed E-state index contributed by atoms with van der Waals surface area (Å²) < 4.78 is 15.5. The number of nitrogens with one attached hydrogen (secondary N) is 1. The zero-order valence-corrected chi connectivity index (χ0v) is 16.3. The number of rotatable bonds is 6. The zero-order valence-electron chi connectivity index (χ0n) is 16.3. The van der Waals surface area contributed by atoms with Crippen LogP contribution < -0.4 is 5.32 Å². The predicted molar refractivity (Wildman–Crippen MR) is 104 cm³/mol. The van der Waals surface area contributed by atoms with Gasteiger partial charge in [-0.15, -0.1) is 0 Å². The summed E-state index contributed by atoms with van der Waals surface area (Å²) in [5.41, 5.74) is 1.40. The molecule has 1 aromatic heterocycles. The molecule has 28 heavy (non-hydrogen) atoms. The van der Waals surface area contributed by atoms with Gasteiger partial charge in [0.15, 0.2) is 0 Å². The molecule has 7 nitrogen and oxygen atoms in total. The fourth-order valence-electron chi connectivity index (χ4n) is 3.29. The highest BCUT2D eigenvalue weighted by Gasteiger charge is 2.26. The molecule has 1 aromatic carbocycles. The second kappa shape index (κ2) is 8.97. The van der Waals surface area contributed by atoms with E-state index in [2.05, 4.69) is 10.4 Å². The number of para-hydroxylation sites is 1. The number of halogens is 1. The van der Waals surface area contributed by atoms with E-state index in [-0.39, 0.29) is 17.6 Å². The number of benzene rings is 1. The van der Waals surface area contributed by atoms with Crippen LogP contribution in [0, 0.1) is 12.7 Å². The molecule has 2 aromatic rings. The molecule has 0 unspecified atom stereocenters. The lowest BCUT2D eigenvalue weighted by molar-refractivity contribution is -0.122. The number of aromatic nitrogens is 2. The normalized spacial score (nSPS) is 14.9. The predicted octanol–water partition coefficient (Wildman–Crippen LogP) is 1.60. The minimum Gasteiger partial charge on any atom is -0.355 e. The van der Waals surface area contributed by atoms with Crippen LogP contribution >= 0.6 is 0 Å². The van der Waals surface area contributed by atoms with E-state index in [9.17, 15) is 14.0 Å². The molecule has 0 saturated carbocycles. The molecule has 3 rings (SSSR count). The van der Waals surface area contributed by atoms with Crippen LogP contribution in [0.15, 0.2) is 30.5 Å². The lowest BCUT2D eigenvalue weighted by Gasteiger charge is -2.34. The van der Waals surface area contributed by atoms with Gasteiger partial charge in [-0.3, -0.25) is 14.5 Å². The molecule has 0 aliphatic carbocycles. The van der Waals surface area contributed by atoms with Crippen molar-refractivity contribution in [3.8, 4) is 5.69 Å². The Morgan fingerprint density at radius 1 is 1.18 bits per heavy atom. The van der Waals surface area contributed by atoms with Gasteiger partial charge in [0.1, 0.15) is 11.5 Å². The molecule has 0 atom stereocenters. The smallest absolute Gasteiger partial charge is 0.257 e. The highest BCUT2D eigenvalue weighted by atomic mass is 19.1. The monoisotopic (exact) mass is 387 g/mol. The summed E-state index contributed by atoms with van der Waals surface area (Å²) in [6, 6.07) is 6.35. The molecule has 1 N–H and O–H groups in total. The van der Waals surface area contributed by atoms with E-state index in [4.69, 9.17) is 0 Å². The lowest BCUT2D eigenvalue weighted by atomic mass is 10.2. The first-order valence-electron chi connectivity index (χ1n) is 9.59. The van der Waals surface area contributed by atoms with Gasteiger partial charge in [0.25, 0.3) is 5.91 Å². The fraction of sp³-hybridized carbons (Fsp3) is 0.450. The summed E-state index contributed by atoms with van der Waals surface area (Å²) in [6.07, 6.45) is 2.41. The zero-order chi connectivity index (χ0) is 20.1. The van der Waals surface area contributed by atoms with Gasteiger partial charge in [-0.1, -0.05) is 19.1 Å². The SMILES string of the molecule is CCCNC(=O)CN1CCN(C(=O)c2cnn(-c3ccccc3F)c2C)CC1. The Kier molecular flexibility index (Phi) is 6.41. The fourth-order valence-corrected chi connectivity index (χ4v) is 3.29. The van der Waals surface area contributed by atoms with Gasteiger partial charge in [-0.2, -0.15) is 5.10 Å². The number of hydrogen-bond acceptors (Lipinski definition) is 4. The Balaban J connectivity index is 1.62. The highest BCUT2D eigenvalue weighted by Crippen LogP contribution is 2.19. The minimum absolute atomic E-state index is 0.0173. The topological polar surface area (TPSA) is 70.5 Å². The third kappa shape index (κ3) is 4.39. The Morgan fingerprint density at radius 3 is 2.57 bits per heavy atom. The molecule has 0 spiro atoms. The molecule has 2 heterocycles. The molecule has 150 valence electrons. The quantitative estimate of drug-likeness (QED) is 0.818. The minimum atomic E-state index is -0.386. The van der Waals surface area contributed by atoms with Gasteiger partial charge in [0, 0.05) is 32.7 Å². The van der Waals surface area contributed by atoms with E-state index in [1.807, 2.05) is 11.8 Å². The van der Waals surface area contributed by atoms with Crippen molar-refractivity contribution in [1.29, 1.82) is 0 Å². The van der Waals surface area contributed by atoms with Crippen molar-refractivity contribution in [2.45, 2.75) is 20.3 Å². The van der Waals surface area contributed by atoms with E-state index in [1.54, 1.807) is 30.0 Å². The Labute approximate surface area is 164 Å². The molecule has 8 heteroatoms. The molecule has 2 amide bonds. The maximum absolute atomic E-state index is 14.1. The van der Waals surface area contributed by atoms with Crippen LogP contribution in [0.1, 0.15) is 29.4 Å². The largest absolute Gasteiger partial charge is 0.355 e. The van der Waals surface area contributed by atoms with Crippen molar-refractivity contribution >= 4 is 11.8 Å². The average molecular weight is 387 g/mol. The third-order valence-electron chi connectivity index (χ3n) is 4.92. The first-order chi connectivity index (χ1) is 13.5. The Bertz CT molecular complexity index is 843. The van der Waals surface area contributed by atoms with Crippen molar-refractivity contribution in [3.63, 3.8) is 0 Å². The van der Waals surface area contributed by atoms with Gasteiger partial charge in [-0.05, 0) is 25.5 Å². The maximum atomic E-state index is 14.1. The van der Waals surface area contributed by atoms with Crippen molar-refractivity contribution in [2.24, 2.45) is 0 Å². The van der Waals surface area contributed by atoms with E-state index in [1.165, 1.54) is 16.9 Å². The number of nitrogens with zero attached hydrogens (tertiary/aromatic N) is 4. The molecular formula is C20H26FN5O2. The second-order valence-electron chi connectivity index (χ2n) is 6.93. The first kappa shape index (κ1) is 20.0. The summed E-state index contributed by atoms with van der Waals surface area (Å²) >= 11 is 0. The van der Waals surface area contributed by atoms with E-state index >= 15 is 0 Å². The maximum Gasteiger partial charge on any atom is 0.257 e. The molecule has 1 aliphatic heterocycles. The van der Waals surface area contributed by atoms with Crippen LogP contribution in [0.4, 0.5) is 4.39 Å². The van der Waals surface area contributed by atoms with Gasteiger partial charge in [0.05, 0.1) is 24.0 Å². The molecule has 1 saturated heterocycles. The number of hydrogen-bond donors (Lipinski definition) is 1. The van der Waals surface area contributed by atoms with Gasteiger partial charge in [-0.25, -0.2) is 9.07 Å². The van der Waals surface area contributed by atoms with Crippen LogP contribution in [0.3, 0.4) is 0 Å². The molecule has 1 aliphatic rings. The van der Waals surface area contributed by atoms with Crippen LogP contribution in [0.25, 0.3) is 5.69 Å². The van der Waals surface area contributed by atoms with E-state index in [0.717, 1.165) is 6.42 Å². The summed E-state index contributed by atoms with van der Waals surface area (Å²) in [4.78, 5) is 28.5. The first-order valence-corrected chi connectivity index (χ1v) is 9.59. The van der Waals surface area contributed by atoms with Gasteiger partial charge >= 0.3 is 0 Å². The third-order valence-corrected chi connectivity index (χ3v) is 4.92. The number of piperazine rings is 1. The molecule has 1 fully saturated rings. The van der Waals surface area contributed by atoms with Crippen molar-refractivity contribution in [1.82, 2.24) is 24.9 Å². The Morgan fingerprint density at radius 2 is 1.89 bits per heavy atom. The van der Waals surface area contributed by atoms with E-state index in [0.29, 0.717) is 56.2 Å². The molecule has 0 bridgehead atoms. The van der Waals surface area contributed by atoms with Crippen LogP contribution in [-0.2, 0) is 4.79 Å². The number of carbonyl (C=O) groups is 2. The highest BCUT2D eigenvalue weighted by molar-refractivity contribution is 5.95. The Hall–Kier alpha value is -2.74. The van der Waals surface area contributed by atoms with Crippen LogP contribution in [-0.4, -0.2) is 70.7 Å². The van der Waals surface area contributed by atoms with Crippen molar-refractivity contribution < 1.29 is 14.0 Å². The molecular weight excluding hydrogens is 361 g/mol. The lowest BCUT2D eigenvalue weighted by Crippen LogP contribution is -2.51. The van der Waals surface area contributed by atoms with Crippen LogP contribution in [0.5, 0.6) is 0 Å². The summed E-state index contributed by atoms with van der Waals surface area (Å²) in [6.45, 7) is 7.20. The summed E-state index contributed by atoms with van der Waals surface area (Å²) in [7, 11) is 0. The second-order valence-corrected chi connectivity index (χ2v) is 6.93. The van der Waals surface area contributed by atoms with Crippen LogP contribution in [0.2, 0.25) is 0 Å². The number of amides is 2. The average Bonchev–Trinajstić information content (AvgIpc) is 3.08. The van der Waals surface area contributed by atoms with Crippen molar-refractivity contribution in [3.05, 3.63) is 47.5 Å². The molecule has 0 radical (unpaired) electrons. The van der Waals surface area contributed by atoms with E-state index < -0.39 is 0 Å². The van der Waals surface area contributed by atoms with Gasteiger partial charge in [0.2, 0.25) is 5.91 Å². The van der Waals surface area contributed by atoms with Crippen molar-refractivity contribution in [2.75, 3.05) is 39.3 Å². The summed E-state index contributed by atoms with van der Waals surface area (Å²) in [5.74, 6) is -0.485. The number of carbonyl (C=O) groups excluding carboxylic acids is 2. The standard InChI is InChI=1S/C20H26FN5O2/c1-3-8-22-19(27)14-24-9-11-25(12-10-24)20(28)16-13-23-26(15(16)2)18-7-5-4-6-17(18)21/h4-7,13H,3,8-12,14H2,1-2H3,(H,22,27). The van der Waals surface area contributed by atoms with Gasteiger partial charge < -0.3 is 10.2 Å².